The van der Waals surface area contributed by atoms with Crippen LogP contribution in [-0.2, 0) is 0 Å². The minimum Gasteiger partial charge on any atom is -0.271 e. The molecule has 2 rings (SSSR count). The number of benzene rings is 1. The lowest BCUT2D eigenvalue weighted by Crippen LogP contribution is -2.36. The molecule has 0 radical (unpaired) electrons. The fourth-order valence-corrected chi connectivity index (χ4v) is 3.02. The van der Waals surface area contributed by atoms with Crippen LogP contribution in [0.15, 0.2) is 18.2 Å². The third-order valence-electron chi connectivity index (χ3n) is 3.94. The minimum atomic E-state index is -0.809. The van der Waals surface area contributed by atoms with Gasteiger partial charge in [-0.15, -0.1) is 0 Å². The van der Waals surface area contributed by atoms with Gasteiger partial charge >= 0.3 is 0 Å². The van der Waals surface area contributed by atoms with E-state index in [1.54, 1.807) is 6.07 Å². The van der Waals surface area contributed by atoms with Gasteiger partial charge in [-0.1, -0.05) is 31.9 Å². The highest BCUT2D eigenvalue weighted by Crippen LogP contribution is 2.37. The molecule has 1 saturated carbocycles. The first-order chi connectivity index (χ1) is 8.63. The summed E-state index contributed by atoms with van der Waals surface area (Å²) in [6, 6.07) is 3.98. The van der Waals surface area contributed by atoms with E-state index in [1.807, 2.05) is 0 Å². The van der Waals surface area contributed by atoms with E-state index in [0.717, 1.165) is 25.3 Å². The molecule has 0 bridgehead atoms. The SMILES string of the molecule is CC1CCCC(C(NN)c2cccc(F)c2F)C1. The summed E-state index contributed by atoms with van der Waals surface area (Å²) in [5.41, 5.74) is 3.01. The average Bonchev–Trinajstić information content (AvgIpc) is 2.35. The van der Waals surface area contributed by atoms with Crippen LogP contribution in [0.1, 0.15) is 44.2 Å². The lowest BCUT2D eigenvalue weighted by atomic mass is 9.77. The van der Waals surface area contributed by atoms with E-state index in [0.29, 0.717) is 11.5 Å². The van der Waals surface area contributed by atoms with E-state index in [-0.39, 0.29) is 12.0 Å². The number of halogens is 2. The molecular formula is C14H20F2N2. The van der Waals surface area contributed by atoms with Gasteiger partial charge in [-0.3, -0.25) is 11.3 Å². The van der Waals surface area contributed by atoms with E-state index in [4.69, 9.17) is 5.84 Å². The van der Waals surface area contributed by atoms with Gasteiger partial charge in [-0.2, -0.15) is 0 Å². The second-order valence-electron chi connectivity index (χ2n) is 5.32. The van der Waals surface area contributed by atoms with Crippen LogP contribution in [0.2, 0.25) is 0 Å². The van der Waals surface area contributed by atoms with Crippen LogP contribution in [0.25, 0.3) is 0 Å². The lowest BCUT2D eigenvalue weighted by Gasteiger charge is -2.33. The maximum absolute atomic E-state index is 13.8. The van der Waals surface area contributed by atoms with E-state index >= 15 is 0 Å². The van der Waals surface area contributed by atoms with E-state index in [2.05, 4.69) is 12.3 Å². The van der Waals surface area contributed by atoms with Crippen molar-refractivity contribution in [2.75, 3.05) is 0 Å². The van der Waals surface area contributed by atoms with Gasteiger partial charge in [0.1, 0.15) is 0 Å². The molecule has 1 aliphatic rings. The molecule has 1 aromatic rings. The van der Waals surface area contributed by atoms with Gasteiger partial charge in [0.05, 0.1) is 6.04 Å². The van der Waals surface area contributed by atoms with Crippen LogP contribution in [-0.4, -0.2) is 0 Å². The summed E-state index contributed by atoms with van der Waals surface area (Å²) in [6.07, 6.45) is 4.35. The van der Waals surface area contributed by atoms with Crippen molar-refractivity contribution >= 4 is 0 Å². The van der Waals surface area contributed by atoms with Gasteiger partial charge in [0.25, 0.3) is 0 Å². The van der Waals surface area contributed by atoms with Crippen molar-refractivity contribution in [3.05, 3.63) is 35.4 Å². The Morgan fingerprint density at radius 2 is 2.11 bits per heavy atom. The van der Waals surface area contributed by atoms with Gasteiger partial charge < -0.3 is 0 Å². The molecule has 0 saturated heterocycles. The molecule has 1 aliphatic carbocycles. The third-order valence-corrected chi connectivity index (χ3v) is 3.94. The normalized spacial score (nSPS) is 26.0. The second-order valence-corrected chi connectivity index (χ2v) is 5.32. The van der Waals surface area contributed by atoms with Crippen LogP contribution in [0.5, 0.6) is 0 Å². The number of hydrogen-bond donors (Lipinski definition) is 2. The van der Waals surface area contributed by atoms with Crippen molar-refractivity contribution in [1.29, 1.82) is 0 Å². The molecule has 0 aromatic heterocycles. The molecule has 18 heavy (non-hydrogen) atoms. The Bertz CT molecular complexity index is 409. The molecule has 0 spiro atoms. The Morgan fingerprint density at radius 1 is 1.33 bits per heavy atom. The zero-order valence-electron chi connectivity index (χ0n) is 10.6. The van der Waals surface area contributed by atoms with Crippen LogP contribution < -0.4 is 11.3 Å². The Labute approximate surface area is 107 Å². The Morgan fingerprint density at radius 3 is 2.78 bits per heavy atom. The average molecular weight is 254 g/mol. The molecule has 100 valence electrons. The zero-order chi connectivity index (χ0) is 13.1. The monoisotopic (exact) mass is 254 g/mol. The summed E-state index contributed by atoms with van der Waals surface area (Å²) in [5.74, 6) is 4.87. The minimum absolute atomic E-state index is 0.273. The van der Waals surface area contributed by atoms with Crippen molar-refractivity contribution in [1.82, 2.24) is 5.43 Å². The predicted octanol–water partition coefficient (Wildman–Crippen LogP) is 3.30. The van der Waals surface area contributed by atoms with Gasteiger partial charge in [0.2, 0.25) is 0 Å². The topological polar surface area (TPSA) is 38.0 Å². The second kappa shape index (κ2) is 5.76. The van der Waals surface area contributed by atoms with Crippen molar-refractivity contribution in [2.45, 2.75) is 38.6 Å². The maximum Gasteiger partial charge on any atom is 0.163 e. The number of nitrogens with one attached hydrogen (secondary N) is 1. The van der Waals surface area contributed by atoms with Crippen molar-refractivity contribution < 1.29 is 8.78 Å². The summed E-state index contributed by atoms with van der Waals surface area (Å²) in [5, 5.41) is 0. The van der Waals surface area contributed by atoms with Crippen molar-refractivity contribution in [2.24, 2.45) is 17.7 Å². The fraction of sp³-hybridized carbons (Fsp3) is 0.571. The molecule has 3 N–H and O–H groups in total. The fourth-order valence-electron chi connectivity index (χ4n) is 3.02. The predicted molar refractivity (Wildman–Crippen MR) is 67.5 cm³/mol. The van der Waals surface area contributed by atoms with E-state index in [1.165, 1.54) is 12.5 Å². The number of hydrogen-bond acceptors (Lipinski definition) is 2. The molecular weight excluding hydrogens is 234 g/mol. The molecule has 0 aliphatic heterocycles. The Balaban J connectivity index is 2.24. The Hall–Kier alpha value is -1.00. The van der Waals surface area contributed by atoms with Gasteiger partial charge in [-0.25, -0.2) is 8.78 Å². The van der Waals surface area contributed by atoms with Crippen molar-refractivity contribution in [3.8, 4) is 0 Å². The van der Waals surface area contributed by atoms with Crippen LogP contribution in [0.4, 0.5) is 8.78 Å². The number of rotatable bonds is 3. The summed E-state index contributed by atoms with van der Waals surface area (Å²) < 4.78 is 27.1. The molecule has 0 heterocycles. The number of nitrogens with two attached hydrogens (primary N) is 1. The van der Waals surface area contributed by atoms with E-state index < -0.39 is 11.6 Å². The zero-order valence-corrected chi connectivity index (χ0v) is 10.6. The molecule has 3 unspecified atom stereocenters. The molecule has 1 aromatic carbocycles. The molecule has 2 nitrogen and oxygen atoms in total. The quantitative estimate of drug-likeness (QED) is 0.641. The highest BCUT2D eigenvalue weighted by molar-refractivity contribution is 5.23. The maximum atomic E-state index is 13.8. The van der Waals surface area contributed by atoms with Crippen LogP contribution >= 0.6 is 0 Å². The summed E-state index contributed by atoms with van der Waals surface area (Å²) in [7, 11) is 0. The lowest BCUT2D eigenvalue weighted by molar-refractivity contribution is 0.220. The molecule has 0 amide bonds. The molecule has 3 atom stereocenters. The highest BCUT2D eigenvalue weighted by atomic mass is 19.2. The third kappa shape index (κ3) is 2.70. The number of hydrazine groups is 1. The van der Waals surface area contributed by atoms with Crippen LogP contribution in [0, 0.1) is 23.5 Å². The van der Waals surface area contributed by atoms with Gasteiger partial charge in [0.15, 0.2) is 11.6 Å². The first-order valence-corrected chi connectivity index (χ1v) is 6.53. The Kier molecular flexibility index (Phi) is 4.30. The van der Waals surface area contributed by atoms with Gasteiger partial charge in [-0.05, 0) is 30.7 Å². The summed E-state index contributed by atoms with van der Waals surface area (Å²) in [4.78, 5) is 0. The van der Waals surface area contributed by atoms with Crippen molar-refractivity contribution in [3.63, 3.8) is 0 Å². The van der Waals surface area contributed by atoms with E-state index in [9.17, 15) is 8.78 Å². The first kappa shape index (κ1) is 13.4. The summed E-state index contributed by atoms with van der Waals surface area (Å²) >= 11 is 0. The summed E-state index contributed by atoms with van der Waals surface area (Å²) in [6.45, 7) is 2.20. The standard InChI is InChI=1S/C14H20F2N2/c1-9-4-2-5-10(8-9)14(18-17)11-6-3-7-12(15)13(11)16/h3,6-7,9-10,14,18H,2,4-5,8,17H2,1H3. The highest BCUT2D eigenvalue weighted by Gasteiger charge is 2.29. The largest absolute Gasteiger partial charge is 0.271 e. The van der Waals surface area contributed by atoms with Crippen LogP contribution in [0.3, 0.4) is 0 Å². The smallest absolute Gasteiger partial charge is 0.163 e. The first-order valence-electron chi connectivity index (χ1n) is 6.53. The molecule has 4 heteroatoms. The molecule has 1 fully saturated rings. The van der Waals surface area contributed by atoms with Gasteiger partial charge in [0, 0.05) is 5.56 Å².